The minimum Gasteiger partial charge on any atom is -0.479 e. The zero-order chi connectivity index (χ0) is 10.6. The molecule has 0 saturated heterocycles. The maximum absolute atomic E-state index is 11.0. The molecular formula is C9H19NO2S. The van der Waals surface area contributed by atoms with Crippen LogP contribution in [-0.4, -0.2) is 27.2 Å². The van der Waals surface area contributed by atoms with E-state index in [4.69, 9.17) is 5.11 Å². The third kappa shape index (κ3) is 4.52. The predicted molar refractivity (Wildman–Crippen MR) is 57.0 cm³/mol. The van der Waals surface area contributed by atoms with Crippen LogP contribution in [0.15, 0.2) is 0 Å². The van der Waals surface area contributed by atoms with Crippen LogP contribution in [0, 0.1) is 0 Å². The average molecular weight is 205 g/mol. The third-order valence-electron chi connectivity index (χ3n) is 1.44. The van der Waals surface area contributed by atoms with E-state index in [0.29, 0.717) is 5.25 Å². The first kappa shape index (κ1) is 12.8. The van der Waals surface area contributed by atoms with E-state index < -0.39 is 10.8 Å². The second-order valence-corrected chi connectivity index (χ2v) is 5.80. The van der Waals surface area contributed by atoms with Crippen LogP contribution in [0.25, 0.3) is 0 Å². The smallest absolute Gasteiger partial charge is 0.334 e. The maximum atomic E-state index is 11.0. The van der Waals surface area contributed by atoms with Gasteiger partial charge in [-0.3, -0.25) is 5.32 Å². The van der Waals surface area contributed by atoms with Gasteiger partial charge in [-0.2, -0.15) is 0 Å². The van der Waals surface area contributed by atoms with Gasteiger partial charge in [0.1, 0.15) is 0 Å². The van der Waals surface area contributed by atoms with Crippen LogP contribution >= 0.6 is 11.8 Å². The molecule has 0 bridgehead atoms. The molecule has 4 heteroatoms. The molecule has 0 radical (unpaired) electrons. The molecule has 0 heterocycles. The molecule has 0 spiro atoms. The first-order chi connectivity index (χ1) is 5.78. The summed E-state index contributed by atoms with van der Waals surface area (Å²) >= 11 is 1.43. The topological polar surface area (TPSA) is 49.3 Å². The normalized spacial score (nSPS) is 16.2. The van der Waals surface area contributed by atoms with Gasteiger partial charge in [-0.1, -0.05) is 13.8 Å². The Labute approximate surface area is 84.3 Å². The summed E-state index contributed by atoms with van der Waals surface area (Å²) in [6.07, 6.45) is 0. The lowest BCUT2D eigenvalue weighted by Crippen LogP contribution is -2.50. The van der Waals surface area contributed by atoms with Crippen LogP contribution in [0.1, 0.15) is 34.6 Å². The number of aliphatic carboxylic acids is 1. The van der Waals surface area contributed by atoms with Crippen LogP contribution < -0.4 is 5.32 Å². The molecule has 1 unspecified atom stereocenters. The van der Waals surface area contributed by atoms with Crippen LogP contribution in [-0.2, 0) is 4.79 Å². The van der Waals surface area contributed by atoms with Crippen molar-refractivity contribution in [3.63, 3.8) is 0 Å². The molecule has 0 saturated carbocycles. The first-order valence-corrected chi connectivity index (χ1v) is 5.35. The van der Waals surface area contributed by atoms with Crippen molar-refractivity contribution in [2.45, 2.75) is 50.8 Å². The predicted octanol–water partition coefficient (Wildman–Crippen LogP) is 1.93. The highest BCUT2D eigenvalue weighted by Crippen LogP contribution is 2.27. The Bertz CT molecular complexity index is 170. The highest BCUT2D eigenvalue weighted by molar-refractivity contribution is 8.01. The van der Waals surface area contributed by atoms with Crippen LogP contribution in [0.3, 0.4) is 0 Å². The molecule has 0 amide bonds. The number of carboxylic acids is 1. The van der Waals surface area contributed by atoms with E-state index in [9.17, 15) is 4.79 Å². The summed E-state index contributed by atoms with van der Waals surface area (Å²) in [7, 11) is 0. The zero-order valence-corrected chi connectivity index (χ0v) is 9.73. The van der Waals surface area contributed by atoms with Gasteiger partial charge in [-0.05, 0) is 20.8 Å². The fourth-order valence-corrected chi connectivity index (χ4v) is 2.52. The number of carboxylic acid groups (broad SMARTS) is 1. The van der Waals surface area contributed by atoms with E-state index in [-0.39, 0.29) is 6.04 Å². The minimum atomic E-state index is -0.873. The summed E-state index contributed by atoms with van der Waals surface area (Å²) < 4.78 is 0. The lowest BCUT2D eigenvalue weighted by molar-refractivity contribution is -0.140. The van der Waals surface area contributed by atoms with Crippen molar-refractivity contribution < 1.29 is 9.90 Å². The van der Waals surface area contributed by atoms with Gasteiger partial charge in [-0.25, -0.2) is 4.79 Å². The molecule has 13 heavy (non-hydrogen) atoms. The standard InChI is InChI=1S/C9H19NO2S/c1-6(2)10-9(5,8(11)12)13-7(3)4/h6-7,10H,1-5H3,(H,11,12). The summed E-state index contributed by atoms with van der Waals surface area (Å²) in [5, 5.41) is 12.4. The Kier molecular flexibility index (Phi) is 4.78. The van der Waals surface area contributed by atoms with Gasteiger partial charge < -0.3 is 5.11 Å². The van der Waals surface area contributed by atoms with Gasteiger partial charge >= 0.3 is 5.97 Å². The molecule has 0 aliphatic carbocycles. The van der Waals surface area contributed by atoms with Crippen molar-refractivity contribution in [1.29, 1.82) is 0 Å². The van der Waals surface area contributed by atoms with Gasteiger partial charge in [0.2, 0.25) is 0 Å². The Morgan fingerprint density at radius 1 is 1.38 bits per heavy atom. The van der Waals surface area contributed by atoms with Crippen molar-refractivity contribution in [3.05, 3.63) is 0 Å². The number of hydrogen-bond donors (Lipinski definition) is 2. The summed E-state index contributed by atoms with van der Waals surface area (Å²) in [4.78, 5) is 10.1. The van der Waals surface area contributed by atoms with E-state index in [0.717, 1.165) is 0 Å². The molecule has 0 fully saturated rings. The lowest BCUT2D eigenvalue weighted by atomic mass is 10.3. The second-order valence-electron chi connectivity index (χ2n) is 3.80. The number of nitrogens with one attached hydrogen (secondary N) is 1. The molecule has 0 aromatic heterocycles. The largest absolute Gasteiger partial charge is 0.479 e. The van der Waals surface area contributed by atoms with E-state index in [1.165, 1.54) is 11.8 Å². The van der Waals surface area contributed by atoms with Gasteiger partial charge in [-0.15, -0.1) is 11.8 Å². The molecule has 0 rings (SSSR count). The first-order valence-electron chi connectivity index (χ1n) is 4.47. The SMILES string of the molecule is CC(C)NC(C)(SC(C)C)C(=O)O. The fraction of sp³-hybridized carbons (Fsp3) is 0.889. The summed E-state index contributed by atoms with van der Waals surface area (Å²) in [6.45, 7) is 9.59. The van der Waals surface area contributed by atoms with E-state index in [2.05, 4.69) is 5.32 Å². The highest BCUT2D eigenvalue weighted by atomic mass is 32.2. The zero-order valence-electron chi connectivity index (χ0n) is 8.92. The van der Waals surface area contributed by atoms with Crippen molar-refractivity contribution in [1.82, 2.24) is 5.32 Å². The van der Waals surface area contributed by atoms with Gasteiger partial charge in [0.05, 0.1) is 0 Å². The average Bonchev–Trinajstić information content (AvgIpc) is 1.82. The summed E-state index contributed by atoms with van der Waals surface area (Å²) in [6, 6.07) is 0.173. The quantitative estimate of drug-likeness (QED) is 0.673. The fourth-order valence-electron chi connectivity index (χ4n) is 1.17. The number of hydrogen-bond acceptors (Lipinski definition) is 3. The molecule has 2 N–H and O–H groups in total. The van der Waals surface area contributed by atoms with Crippen molar-refractivity contribution in [3.8, 4) is 0 Å². The number of thioether (sulfide) groups is 1. The number of rotatable bonds is 5. The molecular weight excluding hydrogens is 186 g/mol. The van der Waals surface area contributed by atoms with Crippen LogP contribution in [0.5, 0.6) is 0 Å². The van der Waals surface area contributed by atoms with E-state index in [1.54, 1.807) is 6.92 Å². The lowest BCUT2D eigenvalue weighted by Gasteiger charge is -2.29. The Hall–Kier alpha value is -0.220. The Morgan fingerprint density at radius 2 is 1.85 bits per heavy atom. The van der Waals surface area contributed by atoms with E-state index >= 15 is 0 Å². The monoisotopic (exact) mass is 205 g/mol. The molecule has 78 valence electrons. The molecule has 0 aliphatic heterocycles. The van der Waals surface area contributed by atoms with Crippen molar-refractivity contribution in [2.75, 3.05) is 0 Å². The molecule has 0 aromatic rings. The van der Waals surface area contributed by atoms with Gasteiger partial charge in [0.25, 0.3) is 0 Å². The van der Waals surface area contributed by atoms with Crippen LogP contribution in [0.4, 0.5) is 0 Å². The van der Waals surface area contributed by atoms with Crippen molar-refractivity contribution >= 4 is 17.7 Å². The van der Waals surface area contributed by atoms with Crippen molar-refractivity contribution in [2.24, 2.45) is 0 Å². The molecule has 3 nitrogen and oxygen atoms in total. The molecule has 1 atom stereocenters. The highest BCUT2D eigenvalue weighted by Gasteiger charge is 2.34. The summed E-state index contributed by atoms with van der Waals surface area (Å²) in [5.74, 6) is -0.806. The van der Waals surface area contributed by atoms with Gasteiger partial charge in [0, 0.05) is 11.3 Å². The Morgan fingerprint density at radius 3 is 2.08 bits per heavy atom. The summed E-state index contributed by atoms with van der Waals surface area (Å²) in [5.41, 5.74) is 0. The second kappa shape index (κ2) is 4.86. The third-order valence-corrected chi connectivity index (χ3v) is 2.68. The molecule has 0 aromatic carbocycles. The maximum Gasteiger partial charge on any atom is 0.334 e. The molecule has 0 aliphatic rings. The minimum absolute atomic E-state index is 0.173. The number of carbonyl (C=O) groups is 1. The Balaban J connectivity index is 4.43. The van der Waals surface area contributed by atoms with Crippen LogP contribution in [0.2, 0.25) is 0 Å². The van der Waals surface area contributed by atoms with E-state index in [1.807, 2.05) is 27.7 Å². The van der Waals surface area contributed by atoms with Gasteiger partial charge in [0.15, 0.2) is 4.87 Å².